The van der Waals surface area contributed by atoms with Crippen molar-refractivity contribution in [1.29, 1.82) is 0 Å². The molecule has 4 heterocycles. The van der Waals surface area contributed by atoms with Crippen molar-refractivity contribution in [1.82, 2.24) is 9.97 Å². The number of anilines is 6. The third kappa shape index (κ3) is 5.23. The largest absolute Gasteiger partial charge is 0.453 e. The summed E-state index contributed by atoms with van der Waals surface area (Å²) in [7, 11) is 0. The maximum Gasteiger partial charge on any atom is 0.227 e. The molecule has 10 aromatic rings. The van der Waals surface area contributed by atoms with E-state index < -0.39 is 0 Å². The van der Waals surface area contributed by atoms with E-state index in [1.54, 1.807) is 0 Å². The second kappa shape index (κ2) is 12.7. The Kier molecular flexibility index (Phi) is 7.06. The van der Waals surface area contributed by atoms with Crippen LogP contribution >= 0.6 is 0 Å². The van der Waals surface area contributed by atoms with Crippen LogP contribution < -0.4 is 19.3 Å². The number of ether oxygens (including phenoxy) is 2. The maximum atomic E-state index is 6.45. The Morgan fingerprint density at radius 2 is 0.655 bits per heavy atom. The highest BCUT2D eigenvalue weighted by Gasteiger charge is 2.29. The molecule has 0 spiro atoms. The molecular formula is C50H30N4O4. The summed E-state index contributed by atoms with van der Waals surface area (Å²) in [6.45, 7) is 0. The Labute approximate surface area is 332 Å². The van der Waals surface area contributed by atoms with E-state index in [0.717, 1.165) is 102 Å². The fraction of sp³-hybridized carbons (Fsp3) is 0. The first-order chi connectivity index (χ1) is 28.7. The molecule has 0 unspecified atom stereocenters. The van der Waals surface area contributed by atoms with Crippen LogP contribution in [-0.4, -0.2) is 9.97 Å². The van der Waals surface area contributed by atoms with Crippen LogP contribution in [0.15, 0.2) is 191 Å². The number of hydrogen-bond acceptors (Lipinski definition) is 8. The van der Waals surface area contributed by atoms with Gasteiger partial charge in [-0.1, -0.05) is 72.8 Å². The minimum atomic E-state index is 0.519. The first-order valence-corrected chi connectivity index (χ1v) is 19.0. The second-order valence-corrected chi connectivity index (χ2v) is 14.3. The van der Waals surface area contributed by atoms with Gasteiger partial charge in [0.25, 0.3) is 0 Å². The predicted octanol–water partition coefficient (Wildman–Crippen LogP) is 14.1. The molecule has 0 radical (unpaired) electrons. The van der Waals surface area contributed by atoms with Gasteiger partial charge in [0.1, 0.15) is 11.0 Å². The van der Waals surface area contributed by atoms with Crippen LogP contribution in [0.25, 0.3) is 56.2 Å². The van der Waals surface area contributed by atoms with Crippen molar-refractivity contribution >= 4 is 56.3 Å². The highest BCUT2D eigenvalue weighted by molar-refractivity contribution is 5.93. The van der Waals surface area contributed by atoms with Crippen LogP contribution in [0, 0.1) is 0 Å². The molecule has 274 valence electrons. The van der Waals surface area contributed by atoms with Crippen molar-refractivity contribution < 1.29 is 18.3 Å². The molecule has 8 nitrogen and oxygen atoms in total. The van der Waals surface area contributed by atoms with Gasteiger partial charge in [-0.25, -0.2) is 9.97 Å². The molecule has 58 heavy (non-hydrogen) atoms. The number of oxazole rings is 2. The molecular weight excluding hydrogens is 721 g/mol. The molecule has 2 aliphatic heterocycles. The van der Waals surface area contributed by atoms with E-state index in [4.69, 9.17) is 28.3 Å². The smallest absolute Gasteiger partial charge is 0.227 e. The number of hydrogen-bond donors (Lipinski definition) is 0. The van der Waals surface area contributed by atoms with Gasteiger partial charge in [-0.15, -0.1) is 0 Å². The first kappa shape index (κ1) is 32.2. The monoisotopic (exact) mass is 750 g/mol. The van der Waals surface area contributed by atoms with E-state index in [1.807, 2.05) is 121 Å². The van der Waals surface area contributed by atoms with Crippen molar-refractivity contribution in [2.45, 2.75) is 0 Å². The number of aromatic nitrogens is 2. The predicted molar refractivity (Wildman–Crippen MR) is 227 cm³/mol. The van der Waals surface area contributed by atoms with Gasteiger partial charge in [0.2, 0.25) is 11.8 Å². The van der Waals surface area contributed by atoms with Crippen molar-refractivity contribution in [2.75, 3.05) is 9.80 Å². The van der Waals surface area contributed by atoms with Crippen LogP contribution in [0.2, 0.25) is 0 Å². The van der Waals surface area contributed by atoms with E-state index in [9.17, 15) is 0 Å². The number of nitrogens with zero attached hydrogens (tertiary/aromatic N) is 4. The standard InChI is InChI=1S/C50H30N4O4/c1-7-19-43-37(13-1)51-49(57-43)33-25-31(27-35(29-33)53-39-15-3-9-21-45(39)55-46-22-10-4-16-40(46)53)32-26-34(50-52-38-14-2-8-20-44(38)58-50)30-36(28-32)54-41-17-5-11-23-47(41)56-48-24-12-6-18-42(48)54/h1-30H. The summed E-state index contributed by atoms with van der Waals surface area (Å²) in [4.78, 5) is 14.4. The van der Waals surface area contributed by atoms with E-state index in [0.29, 0.717) is 11.8 Å². The van der Waals surface area contributed by atoms with Gasteiger partial charge in [0.05, 0.1) is 22.7 Å². The third-order valence-electron chi connectivity index (χ3n) is 10.6. The van der Waals surface area contributed by atoms with Crippen molar-refractivity contribution in [3.8, 4) is 57.0 Å². The summed E-state index contributed by atoms with van der Waals surface area (Å²) in [5, 5.41) is 0. The molecule has 0 fully saturated rings. The highest BCUT2D eigenvalue weighted by Crippen LogP contribution is 2.53. The van der Waals surface area contributed by atoms with E-state index in [1.165, 1.54) is 0 Å². The van der Waals surface area contributed by atoms with Crippen molar-refractivity contribution in [3.05, 3.63) is 182 Å². The summed E-state index contributed by atoms with van der Waals surface area (Å²) in [6.07, 6.45) is 0. The normalized spacial score (nSPS) is 12.7. The number of rotatable bonds is 5. The summed E-state index contributed by atoms with van der Waals surface area (Å²) >= 11 is 0. The van der Waals surface area contributed by atoms with Gasteiger partial charge in [0.15, 0.2) is 34.2 Å². The number of benzene rings is 8. The fourth-order valence-electron chi connectivity index (χ4n) is 8.02. The van der Waals surface area contributed by atoms with Gasteiger partial charge in [0, 0.05) is 22.5 Å². The molecule has 0 bridgehead atoms. The Balaban J connectivity index is 1.13. The Morgan fingerprint density at radius 3 is 1.03 bits per heavy atom. The summed E-state index contributed by atoms with van der Waals surface area (Å²) < 4.78 is 25.7. The maximum absolute atomic E-state index is 6.45. The van der Waals surface area contributed by atoms with Crippen LogP contribution in [0.5, 0.6) is 23.0 Å². The Hall–Kier alpha value is -8.10. The van der Waals surface area contributed by atoms with Gasteiger partial charge in [-0.3, -0.25) is 0 Å². The molecule has 0 N–H and O–H groups in total. The highest BCUT2D eigenvalue weighted by atomic mass is 16.5. The minimum absolute atomic E-state index is 0.519. The van der Waals surface area contributed by atoms with E-state index >= 15 is 0 Å². The fourth-order valence-corrected chi connectivity index (χ4v) is 8.02. The topological polar surface area (TPSA) is 77.0 Å². The molecule has 8 heteroatoms. The summed E-state index contributed by atoms with van der Waals surface area (Å²) in [6, 6.07) is 61.1. The van der Waals surface area contributed by atoms with Crippen molar-refractivity contribution in [2.24, 2.45) is 0 Å². The lowest BCUT2D eigenvalue weighted by Crippen LogP contribution is -2.16. The summed E-state index contributed by atoms with van der Waals surface area (Å²) in [5.74, 6) is 4.09. The van der Waals surface area contributed by atoms with Crippen LogP contribution in [0.4, 0.5) is 34.1 Å². The zero-order valence-corrected chi connectivity index (χ0v) is 30.7. The average molecular weight is 751 g/mol. The number of para-hydroxylation sites is 12. The van der Waals surface area contributed by atoms with Crippen LogP contribution in [0.3, 0.4) is 0 Å². The molecule has 0 amide bonds. The molecule has 2 aromatic heterocycles. The zero-order chi connectivity index (χ0) is 38.2. The quantitative estimate of drug-likeness (QED) is 0.172. The molecule has 2 aliphatic rings. The molecule has 0 saturated carbocycles. The Morgan fingerprint density at radius 1 is 0.328 bits per heavy atom. The lowest BCUT2D eigenvalue weighted by atomic mass is 9.97. The lowest BCUT2D eigenvalue weighted by molar-refractivity contribution is 0.476. The van der Waals surface area contributed by atoms with Gasteiger partial charge >= 0.3 is 0 Å². The van der Waals surface area contributed by atoms with Crippen LogP contribution in [0.1, 0.15) is 0 Å². The lowest BCUT2D eigenvalue weighted by Gasteiger charge is -2.33. The molecule has 0 atom stereocenters. The first-order valence-electron chi connectivity index (χ1n) is 19.0. The second-order valence-electron chi connectivity index (χ2n) is 14.3. The zero-order valence-electron chi connectivity index (χ0n) is 30.7. The molecule has 0 aliphatic carbocycles. The molecule has 0 saturated heterocycles. The minimum Gasteiger partial charge on any atom is -0.453 e. The summed E-state index contributed by atoms with van der Waals surface area (Å²) in [5.41, 5.74) is 12.0. The third-order valence-corrected chi connectivity index (χ3v) is 10.6. The number of fused-ring (bicyclic) bond motifs is 6. The van der Waals surface area contributed by atoms with Gasteiger partial charge < -0.3 is 28.1 Å². The molecule has 8 aromatic carbocycles. The van der Waals surface area contributed by atoms with E-state index in [2.05, 4.69) is 70.5 Å². The average Bonchev–Trinajstić information content (AvgIpc) is 3.92. The Bertz CT molecular complexity index is 2870. The van der Waals surface area contributed by atoms with Gasteiger partial charge in [-0.05, 0) is 120 Å². The van der Waals surface area contributed by atoms with E-state index in [-0.39, 0.29) is 0 Å². The van der Waals surface area contributed by atoms with Crippen LogP contribution in [-0.2, 0) is 0 Å². The van der Waals surface area contributed by atoms with Crippen molar-refractivity contribution in [3.63, 3.8) is 0 Å². The molecule has 12 rings (SSSR count). The SMILES string of the molecule is c1ccc2c(c1)Oc1ccccc1N2c1cc(-c2cc(-c3nc4ccccc4o3)cc(N3c4ccccc4Oc4ccccc43)c2)cc(-c2nc3ccccc3o2)c1. The van der Waals surface area contributed by atoms with Gasteiger partial charge in [-0.2, -0.15) is 0 Å².